The fourth-order valence-electron chi connectivity index (χ4n) is 3.17. The molecule has 1 aromatic carbocycles. The molecular formula is C19H27FN6. The van der Waals surface area contributed by atoms with Gasteiger partial charge < -0.3 is 15.2 Å². The molecular weight excluding hydrogens is 331 g/mol. The van der Waals surface area contributed by atoms with Crippen molar-refractivity contribution in [1.82, 2.24) is 25.4 Å². The van der Waals surface area contributed by atoms with Crippen LogP contribution in [0.15, 0.2) is 29.3 Å². The van der Waals surface area contributed by atoms with Gasteiger partial charge in [-0.3, -0.25) is 0 Å². The van der Waals surface area contributed by atoms with E-state index < -0.39 is 0 Å². The molecule has 0 saturated carbocycles. The highest BCUT2D eigenvalue weighted by Gasteiger charge is 2.14. The highest BCUT2D eigenvalue weighted by atomic mass is 19.1. The molecule has 0 radical (unpaired) electrons. The maximum atomic E-state index is 13.3. The lowest BCUT2D eigenvalue weighted by molar-refractivity contribution is 0.600. The van der Waals surface area contributed by atoms with E-state index in [2.05, 4.69) is 30.4 Å². The van der Waals surface area contributed by atoms with Crippen molar-refractivity contribution in [2.75, 3.05) is 13.1 Å². The molecule has 3 rings (SSSR count). The first-order chi connectivity index (χ1) is 12.8. The van der Waals surface area contributed by atoms with Crippen LogP contribution in [-0.4, -0.2) is 33.8 Å². The standard InChI is InChI=1S/C19H27FN6/c1-2-21-19(23-14-15-7-6-8-16(20)13-15)22-11-10-18-25-24-17-9-4-3-5-12-26(17)18/h6-8,13H,2-5,9-12,14H2,1H3,(H2,21,22,23). The lowest BCUT2D eigenvalue weighted by Crippen LogP contribution is -2.38. The van der Waals surface area contributed by atoms with Crippen LogP contribution < -0.4 is 10.6 Å². The fraction of sp³-hybridized carbons (Fsp3) is 0.526. The maximum absolute atomic E-state index is 13.3. The molecule has 1 aliphatic heterocycles. The average molecular weight is 358 g/mol. The van der Waals surface area contributed by atoms with E-state index in [1.54, 1.807) is 6.07 Å². The lowest BCUT2D eigenvalue weighted by atomic mass is 10.2. The van der Waals surface area contributed by atoms with E-state index in [0.29, 0.717) is 6.54 Å². The van der Waals surface area contributed by atoms with Crippen molar-refractivity contribution < 1.29 is 4.39 Å². The van der Waals surface area contributed by atoms with Crippen LogP contribution in [0.1, 0.15) is 43.4 Å². The summed E-state index contributed by atoms with van der Waals surface area (Å²) in [6.45, 7) is 4.99. The summed E-state index contributed by atoms with van der Waals surface area (Å²) in [6.07, 6.45) is 5.49. The second kappa shape index (κ2) is 9.31. The average Bonchev–Trinajstić information content (AvgIpc) is 2.86. The van der Waals surface area contributed by atoms with Crippen LogP contribution in [0.3, 0.4) is 0 Å². The summed E-state index contributed by atoms with van der Waals surface area (Å²) in [6, 6.07) is 6.54. The molecule has 2 N–H and O–H groups in total. The lowest BCUT2D eigenvalue weighted by Gasteiger charge is -2.12. The number of fused-ring (bicyclic) bond motifs is 1. The number of nitrogens with zero attached hydrogens (tertiary/aromatic N) is 4. The van der Waals surface area contributed by atoms with Crippen molar-refractivity contribution in [3.8, 4) is 0 Å². The Morgan fingerprint density at radius 3 is 3.00 bits per heavy atom. The van der Waals surface area contributed by atoms with Crippen molar-refractivity contribution in [2.45, 2.75) is 52.1 Å². The molecule has 0 aliphatic carbocycles. The number of hydrogen-bond acceptors (Lipinski definition) is 3. The van der Waals surface area contributed by atoms with E-state index in [1.165, 1.54) is 31.4 Å². The molecule has 140 valence electrons. The van der Waals surface area contributed by atoms with Gasteiger partial charge in [0.05, 0.1) is 6.54 Å². The topological polar surface area (TPSA) is 67.1 Å². The minimum atomic E-state index is -0.233. The zero-order chi connectivity index (χ0) is 18.2. The molecule has 0 spiro atoms. The first kappa shape index (κ1) is 18.4. The van der Waals surface area contributed by atoms with Crippen molar-refractivity contribution in [2.24, 2.45) is 4.99 Å². The first-order valence-electron chi connectivity index (χ1n) is 9.44. The van der Waals surface area contributed by atoms with Gasteiger partial charge in [-0.1, -0.05) is 18.6 Å². The van der Waals surface area contributed by atoms with Gasteiger partial charge in [-0.2, -0.15) is 0 Å². The molecule has 26 heavy (non-hydrogen) atoms. The van der Waals surface area contributed by atoms with Crippen LogP contribution in [0.5, 0.6) is 0 Å². The van der Waals surface area contributed by atoms with Gasteiger partial charge in [0.2, 0.25) is 0 Å². The van der Waals surface area contributed by atoms with Gasteiger partial charge in [-0.05, 0) is 37.5 Å². The van der Waals surface area contributed by atoms with Crippen LogP contribution in [0, 0.1) is 5.82 Å². The predicted octanol–water partition coefficient (Wildman–Crippen LogP) is 2.44. The summed E-state index contributed by atoms with van der Waals surface area (Å²) in [5.41, 5.74) is 0.852. The first-order valence-corrected chi connectivity index (χ1v) is 9.44. The smallest absolute Gasteiger partial charge is 0.191 e. The molecule has 0 amide bonds. The van der Waals surface area contributed by atoms with Gasteiger partial charge in [0.25, 0.3) is 0 Å². The van der Waals surface area contributed by atoms with Crippen molar-refractivity contribution >= 4 is 5.96 Å². The number of guanidine groups is 1. The molecule has 2 aromatic rings. The Morgan fingerprint density at radius 1 is 1.23 bits per heavy atom. The number of aryl methyl sites for hydroxylation is 1. The quantitative estimate of drug-likeness (QED) is 0.615. The van der Waals surface area contributed by atoms with Gasteiger partial charge in [-0.15, -0.1) is 10.2 Å². The van der Waals surface area contributed by atoms with E-state index in [-0.39, 0.29) is 5.82 Å². The van der Waals surface area contributed by atoms with E-state index in [0.717, 1.165) is 55.6 Å². The third kappa shape index (κ3) is 5.03. The minimum Gasteiger partial charge on any atom is -0.357 e. The van der Waals surface area contributed by atoms with E-state index in [1.807, 2.05) is 13.0 Å². The Labute approximate surface area is 153 Å². The van der Waals surface area contributed by atoms with Crippen molar-refractivity contribution in [1.29, 1.82) is 0 Å². The highest BCUT2D eigenvalue weighted by molar-refractivity contribution is 5.79. The van der Waals surface area contributed by atoms with Crippen LogP contribution in [0.4, 0.5) is 4.39 Å². The van der Waals surface area contributed by atoms with Crippen LogP contribution in [0.2, 0.25) is 0 Å². The van der Waals surface area contributed by atoms with Crippen molar-refractivity contribution in [3.63, 3.8) is 0 Å². The Kier molecular flexibility index (Phi) is 6.57. The van der Waals surface area contributed by atoms with Gasteiger partial charge in [-0.25, -0.2) is 9.38 Å². The molecule has 0 bridgehead atoms. The van der Waals surface area contributed by atoms with Crippen LogP contribution in [0.25, 0.3) is 0 Å². The summed E-state index contributed by atoms with van der Waals surface area (Å²) in [5, 5.41) is 15.2. The summed E-state index contributed by atoms with van der Waals surface area (Å²) >= 11 is 0. The molecule has 6 nitrogen and oxygen atoms in total. The Bertz CT molecular complexity index is 739. The largest absolute Gasteiger partial charge is 0.357 e. The Hall–Kier alpha value is -2.44. The number of halogens is 1. The molecule has 0 fully saturated rings. The van der Waals surface area contributed by atoms with Crippen LogP contribution in [-0.2, 0) is 25.9 Å². The predicted molar refractivity (Wildman–Crippen MR) is 100 cm³/mol. The molecule has 7 heteroatoms. The van der Waals surface area contributed by atoms with E-state index in [4.69, 9.17) is 0 Å². The number of hydrogen-bond donors (Lipinski definition) is 2. The zero-order valence-corrected chi connectivity index (χ0v) is 15.3. The fourth-order valence-corrected chi connectivity index (χ4v) is 3.17. The molecule has 0 saturated heterocycles. The van der Waals surface area contributed by atoms with Gasteiger partial charge in [0, 0.05) is 32.5 Å². The van der Waals surface area contributed by atoms with Gasteiger partial charge >= 0.3 is 0 Å². The second-order valence-corrected chi connectivity index (χ2v) is 6.50. The summed E-state index contributed by atoms with van der Waals surface area (Å²) in [4.78, 5) is 4.53. The van der Waals surface area contributed by atoms with E-state index >= 15 is 0 Å². The number of aromatic nitrogens is 3. The monoisotopic (exact) mass is 358 g/mol. The summed E-state index contributed by atoms with van der Waals surface area (Å²) in [7, 11) is 0. The Morgan fingerprint density at radius 2 is 2.15 bits per heavy atom. The maximum Gasteiger partial charge on any atom is 0.191 e. The molecule has 1 aromatic heterocycles. The van der Waals surface area contributed by atoms with Gasteiger partial charge in [0.15, 0.2) is 5.96 Å². The molecule has 0 atom stereocenters. The minimum absolute atomic E-state index is 0.233. The third-order valence-corrected chi connectivity index (χ3v) is 4.48. The summed E-state index contributed by atoms with van der Waals surface area (Å²) < 4.78 is 15.5. The van der Waals surface area contributed by atoms with E-state index in [9.17, 15) is 4.39 Å². The Balaban J connectivity index is 1.55. The molecule has 2 heterocycles. The molecule has 0 unspecified atom stereocenters. The number of rotatable bonds is 6. The number of nitrogens with one attached hydrogen (secondary N) is 2. The SMILES string of the molecule is CCNC(=NCc1cccc(F)c1)NCCc1nnc2n1CCCCC2. The van der Waals surface area contributed by atoms with Gasteiger partial charge in [0.1, 0.15) is 17.5 Å². The highest BCUT2D eigenvalue weighted by Crippen LogP contribution is 2.14. The number of aliphatic imine (C=N–C) groups is 1. The van der Waals surface area contributed by atoms with Crippen molar-refractivity contribution in [3.05, 3.63) is 47.3 Å². The second-order valence-electron chi connectivity index (χ2n) is 6.50. The van der Waals surface area contributed by atoms with Crippen LogP contribution >= 0.6 is 0 Å². The number of benzene rings is 1. The summed E-state index contributed by atoms with van der Waals surface area (Å²) in [5.74, 6) is 2.65. The zero-order valence-electron chi connectivity index (χ0n) is 15.3. The third-order valence-electron chi connectivity index (χ3n) is 4.48. The normalized spacial score (nSPS) is 14.6. The molecule has 1 aliphatic rings.